The Morgan fingerprint density at radius 1 is 1.35 bits per heavy atom. The minimum Gasteiger partial charge on any atom is -0.346 e. The standard InChI is InChI=1S/C14H20BrNO/c1-5-14(4,9-15)16-13(17)12-10(2)7-6-8-11(12)3/h6-8H,5,9H2,1-4H3,(H,16,17). The molecular weight excluding hydrogens is 278 g/mol. The molecule has 1 N–H and O–H groups in total. The van der Waals surface area contributed by atoms with Crippen LogP contribution in [0.3, 0.4) is 0 Å². The van der Waals surface area contributed by atoms with E-state index < -0.39 is 0 Å². The number of alkyl halides is 1. The molecule has 3 heteroatoms. The van der Waals surface area contributed by atoms with Gasteiger partial charge in [0.15, 0.2) is 0 Å². The van der Waals surface area contributed by atoms with Gasteiger partial charge >= 0.3 is 0 Å². The smallest absolute Gasteiger partial charge is 0.252 e. The fourth-order valence-electron chi connectivity index (χ4n) is 1.73. The largest absolute Gasteiger partial charge is 0.346 e. The van der Waals surface area contributed by atoms with Crippen LogP contribution in [0.5, 0.6) is 0 Å². The van der Waals surface area contributed by atoms with E-state index in [0.29, 0.717) is 0 Å². The lowest BCUT2D eigenvalue weighted by atomic mass is 9.98. The van der Waals surface area contributed by atoms with E-state index in [9.17, 15) is 4.79 Å². The van der Waals surface area contributed by atoms with E-state index in [1.165, 1.54) is 0 Å². The maximum absolute atomic E-state index is 12.3. The Bertz CT molecular complexity index is 390. The number of hydrogen-bond acceptors (Lipinski definition) is 1. The normalized spacial score (nSPS) is 14.2. The van der Waals surface area contributed by atoms with Crippen LogP contribution in [-0.4, -0.2) is 16.8 Å². The second kappa shape index (κ2) is 5.67. The van der Waals surface area contributed by atoms with E-state index >= 15 is 0 Å². The summed E-state index contributed by atoms with van der Waals surface area (Å²) in [6.07, 6.45) is 0.898. The van der Waals surface area contributed by atoms with Crippen molar-refractivity contribution < 1.29 is 4.79 Å². The molecule has 0 saturated heterocycles. The van der Waals surface area contributed by atoms with Gasteiger partial charge in [-0.3, -0.25) is 4.79 Å². The lowest BCUT2D eigenvalue weighted by Crippen LogP contribution is -2.47. The minimum absolute atomic E-state index is 0.0180. The van der Waals surface area contributed by atoms with Crippen molar-refractivity contribution in [1.29, 1.82) is 0 Å². The summed E-state index contributed by atoms with van der Waals surface area (Å²) in [5.74, 6) is 0.0180. The summed E-state index contributed by atoms with van der Waals surface area (Å²) in [6.45, 7) is 8.07. The average Bonchev–Trinajstić information content (AvgIpc) is 2.28. The maximum Gasteiger partial charge on any atom is 0.252 e. The van der Waals surface area contributed by atoms with E-state index in [1.807, 2.05) is 39.0 Å². The highest BCUT2D eigenvalue weighted by molar-refractivity contribution is 9.09. The number of carbonyl (C=O) groups is 1. The molecule has 17 heavy (non-hydrogen) atoms. The van der Waals surface area contributed by atoms with Crippen LogP contribution in [0.2, 0.25) is 0 Å². The molecule has 1 amide bonds. The Morgan fingerprint density at radius 2 is 1.88 bits per heavy atom. The summed E-state index contributed by atoms with van der Waals surface area (Å²) in [7, 11) is 0. The fraction of sp³-hybridized carbons (Fsp3) is 0.500. The van der Waals surface area contributed by atoms with Gasteiger partial charge in [-0.25, -0.2) is 0 Å². The first kappa shape index (κ1) is 14.2. The Morgan fingerprint density at radius 3 is 2.29 bits per heavy atom. The molecule has 0 fully saturated rings. The van der Waals surface area contributed by atoms with Gasteiger partial charge in [-0.15, -0.1) is 0 Å². The second-order valence-corrected chi connectivity index (χ2v) is 5.33. The summed E-state index contributed by atoms with van der Waals surface area (Å²) < 4.78 is 0. The quantitative estimate of drug-likeness (QED) is 0.846. The van der Waals surface area contributed by atoms with Crippen molar-refractivity contribution in [3.05, 3.63) is 34.9 Å². The maximum atomic E-state index is 12.3. The third-order valence-electron chi connectivity index (χ3n) is 3.20. The van der Waals surface area contributed by atoms with Crippen molar-refractivity contribution in [3.63, 3.8) is 0 Å². The molecule has 0 aliphatic rings. The highest BCUT2D eigenvalue weighted by Crippen LogP contribution is 2.17. The Balaban J connectivity index is 2.98. The predicted octanol–water partition coefficient (Wildman–Crippen LogP) is 3.60. The molecule has 0 radical (unpaired) electrons. The predicted molar refractivity (Wildman–Crippen MR) is 75.9 cm³/mol. The van der Waals surface area contributed by atoms with Crippen molar-refractivity contribution >= 4 is 21.8 Å². The summed E-state index contributed by atoms with van der Waals surface area (Å²) >= 11 is 3.46. The van der Waals surface area contributed by atoms with Gasteiger partial charge in [0, 0.05) is 16.4 Å². The van der Waals surface area contributed by atoms with E-state index in [1.54, 1.807) is 0 Å². The molecule has 0 aliphatic heterocycles. The molecular formula is C14H20BrNO. The lowest BCUT2D eigenvalue weighted by Gasteiger charge is -2.28. The molecule has 0 heterocycles. The Hall–Kier alpha value is -0.830. The lowest BCUT2D eigenvalue weighted by molar-refractivity contribution is 0.0912. The summed E-state index contributed by atoms with van der Waals surface area (Å²) in [4.78, 5) is 12.3. The van der Waals surface area contributed by atoms with Crippen molar-refractivity contribution in [2.45, 2.75) is 39.7 Å². The van der Waals surface area contributed by atoms with Crippen LogP contribution in [0, 0.1) is 13.8 Å². The van der Waals surface area contributed by atoms with Crippen LogP contribution < -0.4 is 5.32 Å². The van der Waals surface area contributed by atoms with Gasteiger partial charge in [0.25, 0.3) is 5.91 Å². The highest BCUT2D eigenvalue weighted by atomic mass is 79.9. The summed E-state index contributed by atoms with van der Waals surface area (Å²) in [5, 5.41) is 3.86. The third-order valence-corrected chi connectivity index (χ3v) is 4.44. The molecule has 94 valence electrons. The number of hydrogen-bond donors (Lipinski definition) is 1. The summed E-state index contributed by atoms with van der Waals surface area (Å²) in [6, 6.07) is 5.92. The molecule has 0 spiro atoms. The molecule has 1 aromatic carbocycles. The highest BCUT2D eigenvalue weighted by Gasteiger charge is 2.24. The third kappa shape index (κ3) is 3.32. The molecule has 0 aromatic heterocycles. The molecule has 1 aromatic rings. The van der Waals surface area contributed by atoms with Crippen LogP contribution in [0.1, 0.15) is 41.8 Å². The topological polar surface area (TPSA) is 29.1 Å². The van der Waals surface area contributed by atoms with Crippen LogP contribution in [0.25, 0.3) is 0 Å². The minimum atomic E-state index is -0.189. The van der Waals surface area contributed by atoms with Gasteiger partial charge in [0.1, 0.15) is 0 Å². The van der Waals surface area contributed by atoms with Crippen LogP contribution in [-0.2, 0) is 0 Å². The number of nitrogens with one attached hydrogen (secondary N) is 1. The zero-order chi connectivity index (χ0) is 13.1. The average molecular weight is 298 g/mol. The van der Waals surface area contributed by atoms with Crippen molar-refractivity contribution in [2.75, 3.05) is 5.33 Å². The number of benzene rings is 1. The van der Waals surface area contributed by atoms with E-state index in [0.717, 1.165) is 28.4 Å². The Kier molecular flexibility index (Phi) is 4.75. The zero-order valence-corrected chi connectivity index (χ0v) is 12.5. The van der Waals surface area contributed by atoms with Crippen molar-refractivity contribution in [1.82, 2.24) is 5.32 Å². The number of amides is 1. The summed E-state index contributed by atoms with van der Waals surface area (Å²) in [5.41, 5.74) is 2.66. The molecule has 1 unspecified atom stereocenters. The van der Waals surface area contributed by atoms with Gasteiger partial charge in [-0.2, -0.15) is 0 Å². The van der Waals surface area contributed by atoms with Gasteiger partial charge in [-0.05, 0) is 38.3 Å². The van der Waals surface area contributed by atoms with Crippen LogP contribution in [0.4, 0.5) is 0 Å². The first-order chi connectivity index (χ1) is 7.93. The number of rotatable bonds is 4. The zero-order valence-electron chi connectivity index (χ0n) is 10.9. The van der Waals surface area contributed by atoms with Gasteiger partial charge in [0.05, 0.1) is 0 Å². The second-order valence-electron chi connectivity index (χ2n) is 4.77. The fourth-order valence-corrected chi connectivity index (χ4v) is 2.26. The first-order valence-corrected chi connectivity index (χ1v) is 7.00. The van der Waals surface area contributed by atoms with Crippen molar-refractivity contribution in [3.8, 4) is 0 Å². The van der Waals surface area contributed by atoms with Crippen LogP contribution >= 0.6 is 15.9 Å². The van der Waals surface area contributed by atoms with E-state index in [-0.39, 0.29) is 11.4 Å². The van der Waals surface area contributed by atoms with E-state index in [2.05, 4.69) is 28.2 Å². The first-order valence-electron chi connectivity index (χ1n) is 5.88. The Labute approximate surface area is 112 Å². The monoisotopic (exact) mass is 297 g/mol. The molecule has 1 rings (SSSR count). The van der Waals surface area contributed by atoms with Gasteiger partial charge in [0.2, 0.25) is 0 Å². The van der Waals surface area contributed by atoms with E-state index in [4.69, 9.17) is 0 Å². The number of carbonyl (C=O) groups excluding carboxylic acids is 1. The number of aryl methyl sites for hydroxylation is 2. The molecule has 0 saturated carbocycles. The van der Waals surface area contributed by atoms with Crippen molar-refractivity contribution in [2.24, 2.45) is 0 Å². The molecule has 2 nitrogen and oxygen atoms in total. The molecule has 0 aliphatic carbocycles. The van der Waals surface area contributed by atoms with Gasteiger partial charge < -0.3 is 5.32 Å². The van der Waals surface area contributed by atoms with Crippen LogP contribution in [0.15, 0.2) is 18.2 Å². The SMILES string of the molecule is CCC(C)(CBr)NC(=O)c1c(C)cccc1C. The number of halogens is 1. The molecule has 1 atom stereocenters. The molecule has 0 bridgehead atoms. The van der Waals surface area contributed by atoms with Gasteiger partial charge in [-0.1, -0.05) is 41.1 Å².